The third kappa shape index (κ3) is 11.0. The summed E-state index contributed by atoms with van der Waals surface area (Å²) >= 11 is 0. The first-order valence-corrected chi connectivity index (χ1v) is 8.48. The van der Waals surface area contributed by atoms with Crippen molar-refractivity contribution < 1.29 is 23.9 Å². The maximum absolute atomic E-state index is 11.4. The zero-order valence-corrected chi connectivity index (χ0v) is 16.0. The number of esters is 2. The highest BCUT2D eigenvalue weighted by Crippen LogP contribution is 2.26. The lowest BCUT2D eigenvalue weighted by molar-refractivity contribution is -0.149. The average Bonchev–Trinajstić information content (AvgIpc) is 2.34. The Labute approximate surface area is 145 Å². The molecule has 1 amide bonds. The van der Waals surface area contributed by atoms with E-state index in [2.05, 4.69) is 26.1 Å². The third-order valence-corrected chi connectivity index (χ3v) is 3.60. The van der Waals surface area contributed by atoms with Crippen molar-refractivity contribution in [2.45, 2.75) is 86.0 Å². The van der Waals surface area contributed by atoms with Crippen molar-refractivity contribution in [3.05, 3.63) is 0 Å². The number of nitrogens with one attached hydrogen (secondary N) is 1. The highest BCUT2D eigenvalue weighted by molar-refractivity contribution is 5.66. The van der Waals surface area contributed by atoms with Crippen LogP contribution in [-0.2, 0) is 23.9 Å². The predicted molar refractivity (Wildman–Crippen MR) is 92.2 cm³/mol. The van der Waals surface area contributed by atoms with Crippen molar-refractivity contribution in [3.63, 3.8) is 0 Å². The lowest BCUT2D eigenvalue weighted by atomic mass is 9.86. The maximum Gasteiger partial charge on any atom is 0.302 e. The second-order valence-electron chi connectivity index (χ2n) is 7.84. The molecular formula is C18H33NO5. The monoisotopic (exact) mass is 343 g/mol. The van der Waals surface area contributed by atoms with E-state index in [0.717, 1.165) is 0 Å². The van der Waals surface area contributed by atoms with Crippen molar-refractivity contribution in [1.29, 1.82) is 0 Å². The fourth-order valence-electron chi connectivity index (χ4n) is 2.69. The van der Waals surface area contributed by atoms with E-state index in [-0.39, 0.29) is 41.5 Å². The molecule has 0 aliphatic rings. The molecule has 0 bridgehead atoms. The Kier molecular flexibility index (Phi) is 9.63. The summed E-state index contributed by atoms with van der Waals surface area (Å²) in [5.41, 5.74) is -0.0147. The van der Waals surface area contributed by atoms with Crippen LogP contribution in [0, 0.1) is 11.3 Å². The van der Waals surface area contributed by atoms with Crippen molar-refractivity contribution in [1.82, 2.24) is 5.32 Å². The molecule has 6 heteroatoms. The zero-order valence-electron chi connectivity index (χ0n) is 16.0. The molecule has 3 atom stereocenters. The van der Waals surface area contributed by atoms with Gasteiger partial charge in [0.05, 0.1) is 0 Å². The van der Waals surface area contributed by atoms with Gasteiger partial charge in [-0.15, -0.1) is 0 Å². The van der Waals surface area contributed by atoms with Crippen LogP contribution < -0.4 is 5.32 Å². The number of hydrogen-bond donors (Lipinski definition) is 1. The molecule has 0 rings (SSSR count). The largest absolute Gasteiger partial charge is 0.462 e. The Hall–Kier alpha value is -1.59. The molecule has 0 radical (unpaired) electrons. The van der Waals surface area contributed by atoms with E-state index in [1.807, 2.05) is 13.8 Å². The number of carbonyl (C=O) groups is 3. The van der Waals surface area contributed by atoms with Gasteiger partial charge in [0.1, 0.15) is 12.2 Å². The Bertz CT molecular complexity index is 414. The molecule has 0 saturated heterocycles. The van der Waals surface area contributed by atoms with E-state index in [1.54, 1.807) is 0 Å². The Morgan fingerprint density at radius 2 is 1.58 bits per heavy atom. The smallest absolute Gasteiger partial charge is 0.302 e. The van der Waals surface area contributed by atoms with Gasteiger partial charge >= 0.3 is 11.9 Å². The molecule has 140 valence electrons. The second-order valence-corrected chi connectivity index (χ2v) is 7.84. The molecule has 1 N–H and O–H groups in total. The van der Waals surface area contributed by atoms with Gasteiger partial charge in [-0.2, -0.15) is 0 Å². The first-order valence-electron chi connectivity index (χ1n) is 8.48. The Morgan fingerprint density at radius 1 is 1.04 bits per heavy atom. The number of ether oxygens (including phenoxy) is 2. The van der Waals surface area contributed by atoms with Gasteiger partial charge in [-0.1, -0.05) is 34.6 Å². The van der Waals surface area contributed by atoms with Crippen LogP contribution in [0.2, 0.25) is 0 Å². The molecule has 0 aromatic heterocycles. The summed E-state index contributed by atoms with van der Waals surface area (Å²) < 4.78 is 10.8. The number of carbonyl (C=O) groups excluding carboxylic acids is 3. The van der Waals surface area contributed by atoms with Crippen LogP contribution in [0.15, 0.2) is 0 Å². The third-order valence-electron chi connectivity index (χ3n) is 3.60. The molecule has 0 aromatic carbocycles. The lowest BCUT2D eigenvalue weighted by Gasteiger charge is -2.31. The first-order chi connectivity index (χ1) is 10.9. The summed E-state index contributed by atoms with van der Waals surface area (Å²) in [4.78, 5) is 33.6. The topological polar surface area (TPSA) is 81.7 Å². The van der Waals surface area contributed by atoms with Crippen LogP contribution >= 0.6 is 0 Å². The van der Waals surface area contributed by atoms with Crippen molar-refractivity contribution >= 4 is 18.3 Å². The van der Waals surface area contributed by atoms with Crippen LogP contribution in [0.4, 0.5) is 0 Å². The fraction of sp³-hybridized carbons (Fsp3) is 0.833. The van der Waals surface area contributed by atoms with Gasteiger partial charge in [-0.05, 0) is 17.8 Å². The van der Waals surface area contributed by atoms with Crippen LogP contribution in [0.3, 0.4) is 0 Å². The van der Waals surface area contributed by atoms with Gasteiger partial charge in [-0.25, -0.2) is 0 Å². The zero-order chi connectivity index (χ0) is 18.9. The highest BCUT2D eigenvalue weighted by Gasteiger charge is 2.28. The molecule has 0 aromatic rings. The van der Waals surface area contributed by atoms with Gasteiger partial charge in [0.15, 0.2) is 0 Å². The number of hydrogen-bond acceptors (Lipinski definition) is 5. The van der Waals surface area contributed by atoms with Crippen molar-refractivity contribution in [2.75, 3.05) is 0 Å². The maximum atomic E-state index is 11.4. The highest BCUT2D eigenvalue weighted by atomic mass is 16.5. The van der Waals surface area contributed by atoms with E-state index >= 15 is 0 Å². The fourth-order valence-corrected chi connectivity index (χ4v) is 2.69. The van der Waals surface area contributed by atoms with E-state index in [4.69, 9.17) is 9.47 Å². The molecule has 0 aliphatic carbocycles. The van der Waals surface area contributed by atoms with Gasteiger partial charge in [0.25, 0.3) is 0 Å². The molecule has 0 fully saturated rings. The van der Waals surface area contributed by atoms with Crippen LogP contribution in [0.25, 0.3) is 0 Å². The SMILES string of the molecule is CC(=O)OC(CC(CC(OC(C)=O)C(C)C)NC=O)CC(C)(C)C. The van der Waals surface area contributed by atoms with E-state index < -0.39 is 0 Å². The number of rotatable bonds is 10. The van der Waals surface area contributed by atoms with E-state index in [1.165, 1.54) is 13.8 Å². The van der Waals surface area contributed by atoms with Crippen LogP contribution in [0.1, 0.15) is 67.7 Å². The normalized spacial score (nSPS) is 15.3. The molecule has 0 aliphatic heterocycles. The van der Waals surface area contributed by atoms with Gasteiger partial charge < -0.3 is 14.8 Å². The molecule has 24 heavy (non-hydrogen) atoms. The second kappa shape index (κ2) is 10.3. The van der Waals surface area contributed by atoms with Crippen LogP contribution in [0.5, 0.6) is 0 Å². The number of amides is 1. The summed E-state index contributed by atoms with van der Waals surface area (Å²) in [7, 11) is 0. The Balaban J connectivity index is 5.05. The molecule has 0 saturated carbocycles. The molecule has 0 spiro atoms. The van der Waals surface area contributed by atoms with Gasteiger partial charge in [-0.3, -0.25) is 14.4 Å². The molecule has 6 nitrogen and oxygen atoms in total. The summed E-state index contributed by atoms with van der Waals surface area (Å²) in [6.07, 6.45) is 1.69. The Morgan fingerprint density at radius 3 is 1.96 bits per heavy atom. The van der Waals surface area contributed by atoms with Crippen molar-refractivity contribution in [2.24, 2.45) is 11.3 Å². The molecule has 0 heterocycles. The summed E-state index contributed by atoms with van der Waals surface area (Å²) in [6, 6.07) is -0.235. The average molecular weight is 343 g/mol. The van der Waals surface area contributed by atoms with Gasteiger partial charge in [0.2, 0.25) is 6.41 Å². The summed E-state index contributed by atoms with van der Waals surface area (Å²) in [5.74, 6) is -0.557. The predicted octanol–water partition coefficient (Wildman–Crippen LogP) is 2.84. The van der Waals surface area contributed by atoms with E-state index in [9.17, 15) is 14.4 Å². The molecular weight excluding hydrogens is 310 g/mol. The summed E-state index contributed by atoms with van der Waals surface area (Å²) in [6.45, 7) is 12.9. The minimum absolute atomic E-state index is 0.0147. The standard InChI is InChI=1S/C18H33NO5/c1-12(2)17(24-14(4)22)9-15(19-11-20)8-16(23-13(3)21)10-18(5,6)7/h11-12,15-17H,8-10H2,1-7H3,(H,19,20). The van der Waals surface area contributed by atoms with Crippen molar-refractivity contribution in [3.8, 4) is 0 Å². The lowest BCUT2D eigenvalue weighted by Crippen LogP contribution is -2.39. The molecule has 3 unspecified atom stereocenters. The van der Waals surface area contributed by atoms with E-state index in [0.29, 0.717) is 25.7 Å². The summed E-state index contributed by atoms with van der Waals surface area (Å²) in [5, 5.41) is 2.77. The quantitative estimate of drug-likeness (QED) is 0.487. The first kappa shape index (κ1) is 22.4. The van der Waals surface area contributed by atoms with Gasteiger partial charge in [0, 0.05) is 32.7 Å². The minimum Gasteiger partial charge on any atom is -0.462 e. The minimum atomic E-state index is -0.343. The van der Waals surface area contributed by atoms with Crippen LogP contribution in [-0.4, -0.2) is 36.6 Å².